The van der Waals surface area contributed by atoms with Gasteiger partial charge in [-0.05, 0) is 44.9 Å². The Morgan fingerprint density at radius 1 is 0.603 bits per heavy atom. The summed E-state index contributed by atoms with van der Waals surface area (Å²) in [6, 6.07) is -11.9. The van der Waals surface area contributed by atoms with Crippen LogP contribution in [-0.2, 0) is 38.4 Å². The molecule has 0 aliphatic heterocycles. The molecule has 0 bridgehead atoms. The Morgan fingerprint density at radius 2 is 1.03 bits per heavy atom. The Hall–Kier alpha value is -5.17. The van der Waals surface area contributed by atoms with Gasteiger partial charge in [-0.15, -0.1) is 0 Å². The highest BCUT2D eigenvalue weighted by Gasteiger charge is 2.35. The van der Waals surface area contributed by atoms with Gasteiger partial charge in [-0.3, -0.25) is 38.6 Å². The molecule has 0 aromatic rings. The Balaban J connectivity index is 5.93. The minimum Gasteiger partial charge on any atom is -0.480 e. The fourth-order valence-corrected chi connectivity index (χ4v) is 5.05. The van der Waals surface area contributed by atoms with Gasteiger partial charge in [0.25, 0.3) is 0 Å². The quantitative estimate of drug-likeness (QED) is 0.0208. The molecule has 18 N–H and O–H groups in total. The molecular weight excluding hydrogens is 770 g/mol. The first-order chi connectivity index (χ1) is 27.0. The van der Waals surface area contributed by atoms with Crippen molar-refractivity contribution < 1.29 is 63.9 Å². The lowest BCUT2D eigenvalue weighted by Gasteiger charge is -2.27. The van der Waals surface area contributed by atoms with E-state index in [1.54, 1.807) is 13.8 Å². The number of carboxylic acid groups (broad SMARTS) is 1. The summed E-state index contributed by atoms with van der Waals surface area (Å²) in [7, 11) is 0. The molecule has 58 heavy (non-hydrogen) atoms. The number of hydrogen-bond acceptors (Lipinski definition) is 14. The van der Waals surface area contributed by atoms with Gasteiger partial charge in [0.15, 0.2) is 5.96 Å². The smallest absolute Gasteiger partial charge is 0.326 e. The van der Waals surface area contributed by atoms with Gasteiger partial charge in [0.05, 0.1) is 32.0 Å². The normalized spacial score (nSPS) is 16.3. The average molecular weight is 834 g/mol. The number of nitrogens with two attached hydrogens (primary N) is 3. The number of guanidine groups is 1. The van der Waals surface area contributed by atoms with Crippen LogP contribution in [0.2, 0.25) is 0 Å². The van der Waals surface area contributed by atoms with E-state index < -0.39 is 127 Å². The molecule has 0 heterocycles. The molecule has 0 aromatic heterocycles. The van der Waals surface area contributed by atoms with Crippen LogP contribution in [0.15, 0.2) is 4.99 Å². The summed E-state index contributed by atoms with van der Waals surface area (Å²) >= 11 is 0. The van der Waals surface area contributed by atoms with Crippen LogP contribution >= 0.6 is 0 Å². The molecule has 0 saturated heterocycles. The third-order valence-corrected chi connectivity index (χ3v) is 8.68. The third kappa shape index (κ3) is 18.8. The Bertz CT molecular complexity index is 1430. The van der Waals surface area contributed by atoms with Crippen LogP contribution < -0.4 is 54.4 Å². The molecule has 24 nitrogen and oxygen atoms in total. The number of aliphatic imine (C=N–C) groups is 1. The molecule has 10 unspecified atom stereocenters. The fraction of sp³-hybridized carbons (Fsp3) is 0.735. The number of carboxylic acids is 1. The number of nitrogens with one attached hydrogen (secondary N) is 7. The van der Waals surface area contributed by atoms with Crippen LogP contribution in [0.5, 0.6) is 0 Å². The highest BCUT2D eigenvalue weighted by atomic mass is 16.4. The summed E-state index contributed by atoms with van der Waals surface area (Å²) in [6.45, 7) is 6.38. The first-order valence-corrected chi connectivity index (χ1v) is 18.7. The van der Waals surface area contributed by atoms with Crippen molar-refractivity contribution in [1.29, 1.82) is 0 Å². The van der Waals surface area contributed by atoms with E-state index in [9.17, 15) is 63.9 Å². The van der Waals surface area contributed by atoms with Crippen LogP contribution in [0.4, 0.5) is 0 Å². The van der Waals surface area contributed by atoms with Crippen molar-refractivity contribution in [1.82, 2.24) is 37.2 Å². The first kappa shape index (κ1) is 52.8. The number of amides is 7. The highest BCUT2D eigenvalue weighted by Crippen LogP contribution is 2.09. The molecule has 0 aliphatic rings. The lowest BCUT2D eigenvalue weighted by Crippen LogP contribution is -2.62. The topological polar surface area (TPSA) is 412 Å². The molecule has 24 heteroatoms. The van der Waals surface area contributed by atoms with Crippen LogP contribution in [0.1, 0.15) is 67.2 Å². The Kier molecular flexibility index (Phi) is 24.3. The summed E-state index contributed by atoms with van der Waals surface area (Å²) in [4.78, 5) is 106. The van der Waals surface area contributed by atoms with Gasteiger partial charge in [-0.1, -0.05) is 34.1 Å². The molecule has 0 aliphatic carbocycles. The zero-order valence-electron chi connectivity index (χ0n) is 33.7. The van der Waals surface area contributed by atoms with Crippen molar-refractivity contribution in [3.8, 4) is 0 Å². The van der Waals surface area contributed by atoms with E-state index in [2.05, 4.69) is 42.2 Å². The molecular formula is C34H63N11O13. The second-order valence-electron chi connectivity index (χ2n) is 14.1. The summed E-state index contributed by atoms with van der Waals surface area (Å²) < 4.78 is 0. The van der Waals surface area contributed by atoms with Gasteiger partial charge < -0.3 is 80.0 Å². The first-order valence-electron chi connectivity index (χ1n) is 18.7. The summed E-state index contributed by atoms with van der Waals surface area (Å²) in [6.07, 6.45) is -1.02. The second kappa shape index (κ2) is 26.7. The van der Waals surface area contributed by atoms with E-state index in [1.165, 1.54) is 6.92 Å². The van der Waals surface area contributed by atoms with E-state index >= 15 is 0 Å². The van der Waals surface area contributed by atoms with Crippen molar-refractivity contribution >= 4 is 53.3 Å². The molecule has 0 radical (unpaired) electrons. The van der Waals surface area contributed by atoms with Gasteiger partial charge in [0, 0.05) is 6.54 Å². The molecule has 0 aromatic carbocycles. The van der Waals surface area contributed by atoms with Crippen LogP contribution in [0.3, 0.4) is 0 Å². The van der Waals surface area contributed by atoms with Gasteiger partial charge >= 0.3 is 5.97 Å². The largest absolute Gasteiger partial charge is 0.480 e. The lowest BCUT2D eigenvalue weighted by atomic mass is 9.99. The fourth-order valence-electron chi connectivity index (χ4n) is 5.05. The maximum atomic E-state index is 13.4. The minimum atomic E-state index is -1.78. The van der Waals surface area contributed by atoms with Crippen molar-refractivity contribution in [2.75, 3.05) is 26.4 Å². The number of carbonyl (C=O) groups excluding carboxylic acids is 7. The van der Waals surface area contributed by atoms with E-state index in [1.807, 2.05) is 13.8 Å². The molecule has 10 atom stereocenters. The number of carbonyl (C=O) groups is 8. The van der Waals surface area contributed by atoms with Gasteiger partial charge in [-0.2, -0.15) is 0 Å². The van der Waals surface area contributed by atoms with Crippen molar-refractivity contribution in [2.45, 2.75) is 122 Å². The standard InChI is InChI=1S/C34H63N11O13/c1-7-16(4)24(33(57)58)44-30(54)22(13-47)41-26(50)17(5)39-28(52)20(9-8-10-38-34(36)37)40-29(53)21(12-46)43-32(56)25(18(6)49)45-31(55)23(14-48)42-27(51)19(35)11-15(2)3/h15-25,46-49H,7-14,35H2,1-6H3,(H,39,52)(H,40,53)(H,41,50)(H,42,51)(H,43,56)(H,44,54)(H,45,55)(H,57,58)(H4,36,37,38). The lowest BCUT2D eigenvalue weighted by molar-refractivity contribution is -0.144. The monoisotopic (exact) mass is 833 g/mol. The molecule has 0 fully saturated rings. The molecule has 0 rings (SSSR count). The molecule has 7 amide bonds. The van der Waals surface area contributed by atoms with E-state index in [0.29, 0.717) is 6.42 Å². The number of aliphatic hydroxyl groups is 4. The summed E-state index contributed by atoms with van der Waals surface area (Å²) in [5.41, 5.74) is 16.5. The second-order valence-corrected chi connectivity index (χ2v) is 14.1. The van der Waals surface area contributed by atoms with E-state index in [0.717, 1.165) is 6.92 Å². The van der Waals surface area contributed by atoms with Crippen molar-refractivity contribution in [2.24, 2.45) is 34.0 Å². The van der Waals surface area contributed by atoms with Gasteiger partial charge in [0.2, 0.25) is 41.4 Å². The predicted molar refractivity (Wildman–Crippen MR) is 207 cm³/mol. The average Bonchev–Trinajstić information content (AvgIpc) is 3.15. The summed E-state index contributed by atoms with van der Waals surface area (Å²) in [5, 5.41) is 65.0. The number of hydrogen-bond donors (Lipinski definition) is 15. The molecule has 332 valence electrons. The van der Waals surface area contributed by atoms with Gasteiger partial charge in [0.1, 0.15) is 42.3 Å². The maximum Gasteiger partial charge on any atom is 0.326 e. The number of aliphatic hydroxyl groups excluding tert-OH is 4. The number of rotatable bonds is 27. The van der Waals surface area contributed by atoms with Crippen molar-refractivity contribution in [3.05, 3.63) is 0 Å². The van der Waals surface area contributed by atoms with Gasteiger partial charge in [-0.25, -0.2) is 4.79 Å². The van der Waals surface area contributed by atoms with Crippen LogP contribution in [-0.4, -0.2) is 160 Å². The highest BCUT2D eigenvalue weighted by molar-refractivity contribution is 5.97. The zero-order valence-corrected chi connectivity index (χ0v) is 33.7. The van der Waals surface area contributed by atoms with Crippen LogP contribution in [0.25, 0.3) is 0 Å². The predicted octanol–water partition coefficient (Wildman–Crippen LogP) is -6.68. The Morgan fingerprint density at radius 3 is 1.47 bits per heavy atom. The van der Waals surface area contributed by atoms with E-state index in [-0.39, 0.29) is 37.7 Å². The third-order valence-electron chi connectivity index (χ3n) is 8.68. The SMILES string of the molecule is CCC(C)C(NC(=O)C(CO)NC(=O)C(C)NC(=O)C(CCCN=C(N)N)NC(=O)C(CO)NC(=O)C(NC(=O)C(CO)NC(=O)C(N)CC(C)C)C(C)O)C(=O)O. The van der Waals surface area contributed by atoms with E-state index in [4.69, 9.17) is 17.2 Å². The van der Waals surface area contributed by atoms with Crippen molar-refractivity contribution in [3.63, 3.8) is 0 Å². The Labute approximate surface area is 336 Å². The number of nitrogens with zero attached hydrogens (tertiary/aromatic N) is 1. The minimum absolute atomic E-state index is 0.00577. The zero-order chi connectivity index (χ0) is 44.9. The van der Waals surface area contributed by atoms with Crippen LogP contribution in [0, 0.1) is 11.8 Å². The maximum absolute atomic E-state index is 13.4. The molecule has 0 saturated carbocycles. The number of aliphatic carboxylic acids is 1. The summed E-state index contributed by atoms with van der Waals surface area (Å²) in [5.74, 6) is -9.13. The molecule has 0 spiro atoms.